The second-order valence-corrected chi connectivity index (χ2v) is 4.70. The van der Waals surface area contributed by atoms with Gasteiger partial charge in [0.05, 0.1) is 0 Å². The third-order valence-corrected chi connectivity index (χ3v) is 3.36. The Balaban J connectivity index is 2.41. The van der Waals surface area contributed by atoms with Gasteiger partial charge in [-0.15, -0.1) is 6.58 Å². The van der Waals surface area contributed by atoms with Crippen LogP contribution in [0.15, 0.2) is 12.7 Å². The third kappa shape index (κ3) is 4.18. The van der Waals surface area contributed by atoms with E-state index in [1.165, 1.54) is 0 Å². The highest BCUT2D eigenvalue weighted by atomic mass is 16.6. The first-order valence-electron chi connectivity index (χ1n) is 7.02. The van der Waals surface area contributed by atoms with E-state index < -0.39 is 23.8 Å². The standard InChI is InChI=1S/C14H23NO6/c1-4-10-9-14(10,11(16)19-6-3)12(17)20-7-8-21-13(18)15-5-2/h4,10-11,16H,1,5-9H2,2-3H3,(H,15,18). The molecule has 3 atom stereocenters. The van der Waals surface area contributed by atoms with Crippen molar-refractivity contribution in [3.63, 3.8) is 0 Å². The number of esters is 1. The van der Waals surface area contributed by atoms with Crippen LogP contribution in [0.1, 0.15) is 20.3 Å². The number of hydrogen-bond acceptors (Lipinski definition) is 6. The highest BCUT2D eigenvalue weighted by Gasteiger charge is 2.65. The molecule has 1 rings (SSSR count). The molecule has 0 aromatic heterocycles. The smallest absolute Gasteiger partial charge is 0.407 e. The lowest BCUT2D eigenvalue weighted by molar-refractivity contribution is -0.182. The van der Waals surface area contributed by atoms with Crippen LogP contribution in [-0.2, 0) is 19.0 Å². The summed E-state index contributed by atoms with van der Waals surface area (Å²) >= 11 is 0. The molecule has 2 N–H and O–H groups in total. The maximum atomic E-state index is 12.1. The summed E-state index contributed by atoms with van der Waals surface area (Å²) in [5, 5.41) is 12.4. The van der Waals surface area contributed by atoms with Crippen LogP contribution >= 0.6 is 0 Å². The first-order chi connectivity index (χ1) is 10.0. The van der Waals surface area contributed by atoms with E-state index in [0.29, 0.717) is 19.6 Å². The Kier molecular flexibility index (Phi) is 6.64. The van der Waals surface area contributed by atoms with E-state index in [0.717, 1.165) is 0 Å². The quantitative estimate of drug-likeness (QED) is 0.283. The molecular formula is C14H23NO6. The number of aliphatic hydroxyl groups excluding tert-OH is 1. The van der Waals surface area contributed by atoms with Gasteiger partial charge >= 0.3 is 12.1 Å². The fourth-order valence-corrected chi connectivity index (χ4v) is 2.12. The number of rotatable bonds is 9. The summed E-state index contributed by atoms with van der Waals surface area (Å²) in [4.78, 5) is 23.2. The van der Waals surface area contributed by atoms with Crippen LogP contribution in [0.2, 0.25) is 0 Å². The molecular weight excluding hydrogens is 278 g/mol. The van der Waals surface area contributed by atoms with Gasteiger partial charge in [0.1, 0.15) is 18.6 Å². The molecule has 7 nitrogen and oxygen atoms in total. The van der Waals surface area contributed by atoms with Gasteiger partial charge in [-0.05, 0) is 26.2 Å². The number of amides is 1. The van der Waals surface area contributed by atoms with Gasteiger partial charge in [-0.2, -0.15) is 0 Å². The predicted molar refractivity (Wildman–Crippen MR) is 74.4 cm³/mol. The molecule has 7 heteroatoms. The van der Waals surface area contributed by atoms with Gasteiger partial charge in [-0.1, -0.05) is 6.08 Å². The van der Waals surface area contributed by atoms with Crippen LogP contribution in [0, 0.1) is 11.3 Å². The van der Waals surface area contributed by atoms with Gasteiger partial charge < -0.3 is 24.6 Å². The number of nitrogens with one attached hydrogen (secondary N) is 1. The molecule has 1 fully saturated rings. The fraction of sp³-hybridized carbons (Fsp3) is 0.714. The van der Waals surface area contributed by atoms with Gasteiger partial charge in [0, 0.05) is 13.2 Å². The predicted octanol–water partition coefficient (Wildman–Crippen LogP) is 0.823. The second kappa shape index (κ2) is 7.99. The normalized spacial score (nSPS) is 24.8. The van der Waals surface area contributed by atoms with Gasteiger partial charge in [-0.25, -0.2) is 4.79 Å². The first-order valence-corrected chi connectivity index (χ1v) is 7.02. The van der Waals surface area contributed by atoms with Crippen molar-refractivity contribution in [1.82, 2.24) is 5.32 Å². The molecule has 0 saturated heterocycles. The summed E-state index contributed by atoms with van der Waals surface area (Å²) in [5.41, 5.74) is -1.08. The van der Waals surface area contributed by atoms with Gasteiger partial charge in [-0.3, -0.25) is 4.79 Å². The fourth-order valence-electron chi connectivity index (χ4n) is 2.12. The Morgan fingerprint density at radius 3 is 2.62 bits per heavy atom. The van der Waals surface area contributed by atoms with Crippen molar-refractivity contribution in [2.75, 3.05) is 26.4 Å². The molecule has 0 spiro atoms. The van der Waals surface area contributed by atoms with Crippen LogP contribution in [0.5, 0.6) is 0 Å². The Labute approximate surface area is 124 Å². The lowest BCUT2D eigenvalue weighted by atomic mass is 10.0. The summed E-state index contributed by atoms with van der Waals surface area (Å²) in [7, 11) is 0. The molecule has 1 aliphatic rings. The molecule has 0 aromatic carbocycles. The van der Waals surface area contributed by atoms with Crippen molar-refractivity contribution in [2.45, 2.75) is 26.6 Å². The lowest BCUT2D eigenvalue weighted by Crippen LogP contribution is -2.36. The van der Waals surface area contributed by atoms with Crippen molar-refractivity contribution in [3.05, 3.63) is 12.7 Å². The molecule has 3 unspecified atom stereocenters. The average Bonchev–Trinajstić information content (AvgIpc) is 3.20. The number of carbonyl (C=O) groups is 2. The molecule has 1 saturated carbocycles. The molecule has 0 aliphatic heterocycles. The lowest BCUT2D eigenvalue weighted by Gasteiger charge is -2.21. The summed E-state index contributed by atoms with van der Waals surface area (Å²) < 4.78 is 15.0. The van der Waals surface area contributed by atoms with E-state index >= 15 is 0 Å². The van der Waals surface area contributed by atoms with E-state index in [-0.39, 0.29) is 19.1 Å². The monoisotopic (exact) mass is 301 g/mol. The van der Waals surface area contributed by atoms with E-state index in [1.807, 2.05) is 0 Å². The van der Waals surface area contributed by atoms with Crippen LogP contribution in [0.4, 0.5) is 4.79 Å². The van der Waals surface area contributed by atoms with Crippen molar-refractivity contribution in [1.29, 1.82) is 0 Å². The number of ether oxygens (including phenoxy) is 3. The van der Waals surface area contributed by atoms with Crippen molar-refractivity contribution in [3.8, 4) is 0 Å². The molecule has 0 bridgehead atoms. The number of carbonyl (C=O) groups excluding carboxylic acids is 2. The van der Waals surface area contributed by atoms with Gasteiger partial charge in [0.25, 0.3) is 0 Å². The maximum absolute atomic E-state index is 12.1. The van der Waals surface area contributed by atoms with E-state index in [9.17, 15) is 14.7 Å². The molecule has 120 valence electrons. The summed E-state index contributed by atoms with van der Waals surface area (Å²) in [5.74, 6) is -0.733. The maximum Gasteiger partial charge on any atom is 0.407 e. The highest BCUT2D eigenvalue weighted by Crippen LogP contribution is 2.57. The zero-order valence-corrected chi connectivity index (χ0v) is 12.5. The number of allylic oxidation sites excluding steroid dienone is 1. The molecule has 0 radical (unpaired) electrons. The summed E-state index contributed by atoms with van der Waals surface area (Å²) in [6.07, 6.45) is 0.262. The van der Waals surface area contributed by atoms with E-state index in [4.69, 9.17) is 14.2 Å². The Morgan fingerprint density at radius 2 is 2.10 bits per heavy atom. The highest BCUT2D eigenvalue weighted by molar-refractivity contribution is 5.81. The van der Waals surface area contributed by atoms with Crippen molar-refractivity contribution < 1.29 is 28.9 Å². The number of aliphatic hydroxyl groups is 1. The summed E-state index contributed by atoms with van der Waals surface area (Å²) in [6, 6.07) is 0. The molecule has 21 heavy (non-hydrogen) atoms. The summed E-state index contributed by atoms with van der Waals surface area (Å²) in [6.45, 7) is 7.77. The van der Waals surface area contributed by atoms with Crippen LogP contribution in [-0.4, -0.2) is 49.8 Å². The Hall–Kier alpha value is -1.60. The topological polar surface area (TPSA) is 94.1 Å². The largest absolute Gasteiger partial charge is 0.461 e. The minimum atomic E-state index is -1.22. The zero-order chi connectivity index (χ0) is 15.9. The average molecular weight is 301 g/mol. The SMILES string of the molecule is C=CC1CC1(C(=O)OCCOC(=O)NCC)C(O)OCC. The number of alkyl carbamates (subject to hydrolysis) is 1. The van der Waals surface area contributed by atoms with Gasteiger partial charge in [0.15, 0.2) is 6.29 Å². The van der Waals surface area contributed by atoms with Crippen LogP contribution in [0.25, 0.3) is 0 Å². The molecule has 1 aliphatic carbocycles. The van der Waals surface area contributed by atoms with E-state index in [2.05, 4.69) is 11.9 Å². The minimum Gasteiger partial charge on any atom is -0.461 e. The van der Waals surface area contributed by atoms with E-state index in [1.54, 1.807) is 19.9 Å². The Bertz CT molecular complexity index is 386. The Morgan fingerprint density at radius 1 is 1.43 bits per heavy atom. The molecule has 0 aromatic rings. The first kappa shape index (κ1) is 17.5. The zero-order valence-electron chi connectivity index (χ0n) is 12.5. The van der Waals surface area contributed by atoms with Gasteiger partial charge in [0.2, 0.25) is 0 Å². The molecule has 1 amide bonds. The minimum absolute atomic E-state index is 0.0445. The van der Waals surface area contributed by atoms with Crippen molar-refractivity contribution in [2.24, 2.45) is 11.3 Å². The number of hydrogen-bond donors (Lipinski definition) is 2. The van der Waals surface area contributed by atoms with Crippen molar-refractivity contribution >= 4 is 12.1 Å². The van der Waals surface area contributed by atoms with Crippen LogP contribution in [0.3, 0.4) is 0 Å². The second-order valence-electron chi connectivity index (χ2n) is 4.70. The third-order valence-electron chi connectivity index (χ3n) is 3.36. The van der Waals surface area contributed by atoms with Crippen LogP contribution < -0.4 is 5.32 Å². The molecule has 0 heterocycles.